The Morgan fingerprint density at radius 2 is 2.07 bits per heavy atom. The van der Waals surface area contributed by atoms with Crippen molar-refractivity contribution in [1.82, 2.24) is 0 Å². The van der Waals surface area contributed by atoms with Gasteiger partial charge in [-0.05, 0) is 30.3 Å². The molecule has 1 nitrogen and oxygen atoms in total. The monoisotopic (exact) mass is 241 g/mol. The van der Waals surface area contributed by atoms with Gasteiger partial charge in [-0.2, -0.15) is 0 Å². The minimum absolute atomic E-state index is 0.763. The predicted molar refractivity (Wildman–Crippen MR) is 64.3 cm³/mol. The molecule has 0 atom stereocenters. The summed E-state index contributed by atoms with van der Waals surface area (Å²) in [6.07, 6.45) is 0. The van der Waals surface area contributed by atoms with Gasteiger partial charge < -0.3 is 5.73 Å². The first kappa shape index (κ1) is 9.90. The van der Waals surface area contributed by atoms with E-state index < -0.39 is 0 Å². The molecule has 1 heterocycles. The molecule has 0 saturated heterocycles. The molecule has 0 spiro atoms. The first-order valence-electron chi connectivity index (χ1n) is 4.03. The number of halogens is 1. The summed E-state index contributed by atoms with van der Waals surface area (Å²) in [6, 6.07) is 11.7. The molecular formula is C10H8ClNS2. The second kappa shape index (κ2) is 4.26. The van der Waals surface area contributed by atoms with Crippen LogP contribution in [0.5, 0.6) is 0 Å². The SMILES string of the molecule is Nc1ccc(Sc2cccc(Cl)c2)s1. The van der Waals surface area contributed by atoms with Crippen molar-refractivity contribution in [3.05, 3.63) is 41.4 Å². The zero-order chi connectivity index (χ0) is 9.97. The fraction of sp³-hybridized carbons (Fsp3) is 0. The maximum Gasteiger partial charge on any atom is 0.0868 e. The van der Waals surface area contributed by atoms with E-state index in [1.807, 2.05) is 36.4 Å². The molecule has 1 aromatic heterocycles. The van der Waals surface area contributed by atoms with Gasteiger partial charge in [0, 0.05) is 9.92 Å². The largest absolute Gasteiger partial charge is 0.391 e. The maximum atomic E-state index is 5.88. The zero-order valence-electron chi connectivity index (χ0n) is 7.24. The van der Waals surface area contributed by atoms with Crippen molar-refractivity contribution in [3.8, 4) is 0 Å². The molecule has 72 valence electrons. The van der Waals surface area contributed by atoms with Gasteiger partial charge >= 0.3 is 0 Å². The maximum absolute atomic E-state index is 5.88. The lowest BCUT2D eigenvalue weighted by Crippen LogP contribution is -1.72. The molecule has 0 unspecified atom stereocenters. The standard InChI is InChI=1S/C10H8ClNS2/c11-7-2-1-3-8(6-7)13-10-5-4-9(12)14-10/h1-6H,12H2. The molecule has 0 amide bonds. The van der Waals surface area contributed by atoms with Gasteiger partial charge in [0.05, 0.1) is 9.21 Å². The summed E-state index contributed by atoms with van der Waals surface area (Å²) in [5.74, 6) is 0. The van der Waals surface area contributed by atoms with Crippen LogP contribution in [0.3, 0.4) is 0 Å². The number of anilines is 1. The lowest BCUT2D eigenvalue weighted by molar-refractivity contribution is 1.46. The molecule has 0 saturated carbocycles. The van der Waals surface area contributed by atoms with E-state index in [0.29, 0.717) is 0 Å². The summed E-state index contributed by atoms with van der Waals surface area (Å²) in [6.45, 7) is 0. The summed E-state index contributed by atoms with van der Waals surface area (Å²) in [7, 11) is 0. The first-order chi connectivity index (χ1) is 6.74. The Bertz CT molecular complexity index is 439. The molecule has 2 rings (SSSR count). The minimum atomic E-state index is 0.763. The second-order valence-corrected chi connectivity index (χ2v) is 5.64. The number of hydrogen-bond donors (Lipinski definition) is 1. The van der Waals surface area contributed by atoms with E-state index in [4.69, 9.17) is 17.3 Å². The summed E-state index contributed by atoms with van der Waals surface area (Å²) >= 11 is 9.14. The van der Waals surface area contributed by atoms with Crippen molar-refractivity contribution < 1.29 is 0 Å². The van der Waals surface area contributed by atoms with Gasteiger partial charge in [-0.15, -0.1) is 11.3 Å². The van der Waals surface area contributed by atoms with Crippen molar-refractivity contribution in [2.75, 3.05) is 5.73 Å². The molecule has 0 aliphatic heterocycles. The van der Waals surface area contributed by atoms with Gasteiger partial charge in [-0.3, -0.25) is 0 Å². The number of hydrogen-bond acceptors (Lipinski definition) is 3. The lowest BCUT2D eigenvalue weighted by atomic mass is 10.4. The van der Waals surface area contributed by atoms with Crippen LogP contribution in [0.15, 0.2) is 45.5 Å². The topological polar surface area (TPSA) is 26.0 Å². The van der Waals surface area contributed by atoms with Crippen LogP contribution < -0.4 is 5.73 Å². The molecule has 1 aromatic carbocycles. The van der Waals surface area contributed by atoms with Crippen molar-refractivity contribution >= 4 is 39.7 Å². The molecule has 0 radical (unpaired) electrons. The summed E-state index contributed by atoms with van der Waals surface area (Å²) in [4.78, 5) is 1.14. The Kier molecular flexibility index (Phi) is 3.01. The van der Waals surface area contributed by atoms with Crippen LogP contribution in [-0.4, -0.2) is 0 Å². The fourth-order valence-corrected chi connectivity index (χ4v) is 3.24. The van der Waals surface area contributed by atoms with E-state index in [1.165, 1.54) is 4.21 Å². The first-order valence-corrected chi connectivity index (χ1v) is 6.04. The van der Waals surface area contributed by atoms with Gasteiger partial charge in [0.15, 0.2) is 0 Å². The molecule has 0 aliphatic rings. The Morgan fingerprint density at radius 3 is 2.71 bits per heavy atom. The number of thiophene rings is 1. The zero-order valence-corrected chi connectivity index (χ0v) is 9.62. The predicted octanol–water partition coefficient (Wildman–Crippen LogP) is 4.13. The van der Waals surface area contributed by atoms with Gasteiger partial charge in [0.2, 0.25) is 0 Å². The van der Waals surface area contributed by atoms with Crippen molar-refractivity contribution in [2.45, 2.75) is 9.10 Å². The molecule has 0 fully saturated rings. The van der Waals surface area contributed by atoms with Crippen LogP contribution >= 0.6 is 34.7 Å². The smallest absolute Gasteiger partial charge is 0.0868 e. The Balaban J connectivity index is 2.18. The van der Waals surface area contributed by atoms with Gasteiger partial charge in [0.25, 0.3) is 0 Å². The highest BCUT2D eigenvalue weighted by Crippen LogP contribution is 2.35. The molecule has 2 N–H and O–H groups in total. The van der Waals surface area contributed by atoms with Gasteiger partial charge in [-0.25, -0.2) is 0 Å². The Labute approximate surface area is 95.9 Å². The third-order valence-electron chi connectivity index (χ3n) is 1.62. The second-order valence-electron chi connectivity index (χ2n) is 2.72. The number of nitrogen functional groups attached to an aromatic ring is 1. The average molecular weight is 242 g/mol. The van der Waals surface area contributed by atoms with Crippen LogP contribution in [0, 0.1) is 0 Å². The Hall–Kier alpha value is -0.640. The highest BCUT2D eigenvalue weighted by Gasteiger charge is 2.00. The van der Waals surface area contributed by atoms with E-state index in [0.717, 1.165) is 14.9 Å². The fourth-order valence-electron chi connectivity index (χ4n) is 1.04. The van der Waals surface area contributed by atoms with Crippen molar-refractivity contribution in [3.63, 3.8) is 0 Å². The third kappa shape index (κ3) is 2.44. The van der Waals surface area contributed by atoms with E-state index in [9.17, 15) is 0 Å². The summed E-state index contributed by atoms with van der Waals surface area (Å²) < 4.78 is 1.18. The number of benzene rings is 1. The number of rotatable bonds is 2. The van der Waals surface area contributed by atoms with Crippen LogP contribution in [0.25, 0.3) is 0 Å². The number of nitrogens with two attached hydrogens (primary N) is 1. The van der Waals surface area contributed by atoms with Crippen LogP contribution in [-0.2, 0) is 0 Å². The van der Waals surface area contributed by atoms with E-state index in [1.54, 1.807) is 23.1 Å². The van der Waals surface area contributed by atoms with Crippen LogP contribution in [0.2, 0.25) is 5.02 Å². The summed E-state index contributed by atoms with van der Waals surface area (Å²) in [5.41, 5.74) is 5.64. The van der Waals surface area contributed by atoms with Crippen molar-refractivity contribution in [1.29, 1.82) is 0 Å². The van der Waals surface area contributed by atoms with Gasteiger partial charge in [-0.1, -0.05) is 29.4 Å². The van der Waals surface area contributed by atoms with Gasteiger partial charge in [0.1, 0.15) is 0 Å². The lowest BCUT2D eigenvalue weighted by Gasteiger charge is -1.97. The van der Waals surface area contributed by atoms with E-state index in [-0.39, 0.29) is 0 Å². The highest BCUT2D eigenvalue weighted by atomic mass is 35.5. The normalized spacial score (nSPS) is 10.4. The molecule has 4 heteroatoms. The molecule has 14 heavy (non-hydrogen) atoms. The van der Waals surface area contributed by atoms with E-state index >= 15 is 0 Å². The molecular weight excluding hydrogens is 234 g/mol. The minimum Gasteiger partial charge on any atom is -0.391 e. The highest BCUT2D eigenvalue weighted by molar-refractivity contribution is 8.01. The van der Waals surface area contributed by atoms with Crippen LogP contribution in [0.1, 0.15) is 0 Å². The van der Waals surface area contributed by atoms with Crippen molar-refractivity contribution in [2.24, 2.45) is 0 Å². The van der Waals surface area contributed by atoms with E-state index in [2.05, 4.69) is 0 Å². The van der Waals surface area contributed by atoms with Crippen LogP contribution in [0.4, 0.5) is 5.00 Å². The third-order valence-corrected chi connectivity index (χ3v) is 3.89. The molecule has 0 aliphatic carbocycles. The molecule has 0 bridgehead atoms. The summed E-state index contributed by atoms with van der Waals surface area (Å²) in [5, 5.41) is 1.61. The quantitative estimate of drug-likeness (QED) is 0.856. The molecule has 2 aromatic rings. The average Bonchev–Trinajstić information content (AvgIpc) is 2.51. The Morgan fingerprint density at radius 1 is 1.21 bits per heavy atom.